The fourth-order valence-corrected chi connectivity index (χ4v) is 6.05. The number of pyridine rings is 2. The Balaban J connectivity index is 1.37. The summed E-state index contributed by atoms with van der Waals surface area (Å²) in [6.45, 7) is 7.07. The molecule has 212 valence electrons. The molecule has 0 amide bonds. The van der Waals surface area contributed by atoms with Crippen LogP contribution in [-0.2, 0) is 12.6 Å². The van der Waals surface area contributed by atoms with Gasteiger partial charge in [0.1, 0.15) is 11.8 Å². The lowest BCUT2D eigenvalue weighted by atomic mass is 9.96. The van der Waals surface area contributed by atoms with Crippen LogP contribution in [0.3, 0.4) is 0 Å². The average Bonchev–Trinajstić information content (AvgIpc) is 3.78. The van der Waals surface area contributed by atoms with Crippen molar-refractivity contribution in [2.75, 3.05) is 17.2 Å². The summed E-state index contributed by atoms with van der Waals surface area (Å²) in [6, 6.07) is 13.4. The van der Waals surface area contributed by atoms with Gasteiger partial charge in [-0.25, -0.2) is 4.68 Å². The van der Waals surface area contributed by atoms with Crippen LogP contribution in [0.2, 0.25) is 5.02 Å². The highest BCUT2D eigenvalue weighted by Gasteiger charge is 2.72. The van der Waals surface area contributed by atoms with Crippen LogP contribution in [0.4, 0.5) is 11.4 Å². The smallest absolute Gasteiger partial charge is 0.258 e. The molecule has 1 atom stereocenters. The van der Waals surface area contributed by atoms with E-state index in [9.17, 15) is 10.1 Å². The van der Waals surface area contributed by atoms with Crippen LogP contribution in [0.1, 0.15) is 56.5 Å². The first kappa shape index (κ1) is 26.5. The number of halogens is 1. The highest BCUT2D eigenvalue weighted by Crippen LogP contribution is 2.72. The van der Waals surface area contributed by atoms with Gasteiger partial charge in [-0.15, -0.1) is 5.10 Å². The lowest BCUT2D eigenvalue weighted by Crippen LogP contribution is -2.20. The van der Waals surface area contributed by atoms with Crippen molar-refractivity contribution in [2.45, 2.75) is 45.2 Å². The minimum Gasteiger partial charge on any atom is -0.383 e. The maximum absolute atomic E-state index is 13.0. The zero-order valence-corrected chi connectivity index (χ0v) is 24.7. The van der Waals surface area contributed by atoms with Gasteiger partial charge in [-0.3, -0.25) is 9.78 Å². The molecule has 0 bridgehead atoms. The van der Waals surface area contributed by atoms with Crippen molar-refractivity contribution in [3.63, 3.8) is 0 Å². The monoisotopic (exact) mass is 578 g/mol. The molecular formula is C32H31ClN8O. The number of rotatable bonds is 7. The Morgan fingerprint density at radius 2 is 1.98 bits per heavy atom. The summed E-state index contributed by atoms with van der Waals surface area (Å²) in [5, 5.41) is 28.8. The van der Waals surface area contributed by atoms with Gasteiger partial charge in [0.25, 0.3) is 5.56 Å². The number of benzene rings is 2. The van der Waals surface area contributed by atoms with Crippen LogP contribution >= 0.6 is 11.6 Å². The molecule has 0 saturated heterocycles. The van der Waals surface area contributed by atoms with E-state index in [0.717, 1.165) is 40.6 Å². The molecule has 7 rings (SSSR count). The molecule has 2 N–H and O–H groups in total. The van der Waals surface area contributed by atoms with Crippen LogP contribution in [0.25, 0.3) is 21.7 Å². The summed E-state index contributed by atoms with van der Waals surface area (Å²) in [6.07, 6.45) is 7.68. The SMILES string of the molecule is Cn1ccc2c(C(Nc3cc(Cl)c4ncc(C#N)c(NCC(C)(C)C)c4c3)c3cn(C45CC4C5)nn3)cccc2c1=O. The Bertz CT molecular complexity index is 1990. The van der Waals surface area contributed by atoms with Gasteiger partial charge in [-0.05, 0) is 59.4 Å². The fraction of sp³-hybridized carbons (Fsp3) is 0.344. The number of nitriles is 1. The summed E-state index contributed by atoms with van der Waals surface area (Å²) >= 11 is 6.82. The normalized spacial score (nSPS) is 19.8. The van der Waals surface area contributed by atoms with Gasteiger partial charge >= 0.3 is 0 Å². The number of anilines is 2. The summed E-state index contributed by atoms with van der Waals surface area (Å²) in [4.78, 5) is 17.5. The molecule has 42 heavy (non-hydrogen) atoms. The summed E-state index contributed by atoms with van der Waals surface area (Å²) in [7, 11) is 1.75. The summed E-state index contributed by atoms with van der Waals surface area (Å²) in [5.74, 6) is 0.708. The zero-order valence-electron chi connectivity index (χ0n) is 23.9. The Labute approximate surface area is 248 Å². The van der Waals surface area contributed by atoms with E-state index >= 15 is 0 Å². The average molecular weight is 579 g/mol. The summed E-state index contributed by atoms with van der Waals surface area (Å²) in [5.41, 5.74) is 4.23. The lowest BCUT2D eigenvalue weighted by molar-refractivity contribution is 0.443. The molecular weight excluding hydrogens is 548 g/mol. The van der Waals surface area contributed by atoms with E-state index in [1.54, 1.807) is 24.0 Å². The molecule has 9 nitrogen and oxygen atoms in total. The Morgan fingerprint density at radius 3 is 2.69 bits per heavy atom. The number of hydrogen-bond acceptors (Lipinski definition) is 7. The number of aromatic nitrogens is 5. The maximum atomic E-state index is 13.0. The quantitative estimate of drug-likeness (QED) is 0.244. The molecule has 10 heteroatoms. The number of nitrogens with one attached hydrogen (secondary N) is 2. The van der Waals surface area contributed by atoms with Gasteiger partial charge in [-0.1, -0.05) is 49.7 Å². The molecule has 5 aromatic rings. The molecule has 0 aliphatic heterocycles. The Hall–Kier alpha value is -4.42. The maximum Gasteiger partial charge on any atom is 0.258 e. The van der Waals surface area contributed by atoms with Crippen LogP contribution in [0.5, 0.6) is 0 Å². The third-order valence-corrected chi connectivity index (χ3v) is 8.81. The third-order valence-electron chi connectivity index (χ3n) is 8.52. The first-order valence-electron chi connectivity index (χ1n) is 14.1. The van der Waals surface area contributed by atoms with Crippen molar-refractivity contribution < 1.29 is 0 Å². The summed E-state index contributed by atoms with van der Waals surface area (Å²) < 4.78 is 3.59. The molecule has 2 aliphatic rings. The number of nitrogens with zero attached hydrogens (tertiary/aromatic N) is 6. The van der Waals surface area contributed by atoms with E-state index in [1.165, 1.54) is 0 Å². The molecule has 0 spiro atoms. The predicted molar refractivity (Wildman–Crippen MR) is 165 cm³/mol. The van der Waals surface area contributed by atoms with Crippen molar-refractivity contribution >= 4 is 44.7 Å². The van der Waals surface area contributed by atoms with Crippen LogP contribution in [-0.4, -0.2) is 31.1 Å². The van der Waals surface area contributed by atoms with Crippen molar-refractivity contribution in [2.24, 2.45) is 18.4 Å². The van der Waals surface area contributed by atoms with Crippen molar-refractivity contribution in [1.29, 1.82) is 5.26 Å². The van der Waals surface area contributed by atoms with Gasteiger partial charge in [0.05, 0.1) is 39.6 Å². The first-order valence-corrected chi connectivity index (χ1v) is 14.5. The van der Waals surface area contributed by atoms with Crippen molar-refractivity contribution in [3.05, 3.63) is 87.2 Å². The standard InChI is InChI=1S/C32H31ClN8O/c1-31(2,3)17-36-27-18(14-34)15-35-28-24(27)10-20(11-25(28)33)37-29(26-16-41(39-38-26)32-12-19(32)13-32)22-6-5-7-23-21(22)8-9-40(4)30(23)42/h5-11,15-16,19,29,37H,12-13,17H2,1-4H3,(H,35,36). The van der Waals surface area contributed by atoms with Gasteiger partial charge < -0.3 is 15.2 Å². The largest absolute Gasteiger partial charge is 0.383 e. The van der Waals surface area contributed by atoms with Crippen LogP contribution in [0.15, 0.2) is 59.8 Å². The van der Waals surface area contributed by atoms with E-state index in [1.807, 2.05) is 47.3 Å². The Kier molecular flexibility index (Phi) is 5.86. The second kappa shape index (κ2) is 9.30. The van der Waals surface area contributed by atoms with E-state index < -0.39 is 6.04 Å². The van der Waals surface area contributed by atoms with Crippen LogP contribution in [0, 0.1) is 22.7 Å². The molecule has 1 unspecified atom stereocenters. The molecule has 2 fully saturated rings. The third kappa shape index (κ3) is 4.38. The van der Waals surface area contributed by atoms with Gasteiger partial charge in [0.2, 0.25) is 0 Å². The number of hydrogen-bond donors (Lipinski definition) is 2. The molecule has 2 saturated carbocycles. The molecule has 0 radical (unpaired) electrons. The van der Waals surface area contributed by atoms with Gasteiger partial charge in [0, 0.05) is 42.4 Å². The van der Waals surface area contributed by atoms with E-state index in [0.29, 0.717) is 39.6 Å². The van der Waals surface area contributed by atoms with Crippen molar-refractivity contribution in [1.82, 2.24) is 24.5 Å². The van der Waals surface area contributed by atoms with E-state index in [4.69, 9.17) is 11.6 Å². The molecule has 3 heterocycles. The molecule has 2 aromatic carbocycles. The highest BCUT2D eigenvalue weighted by molar-refractivity contribution is 6.35. The van der Waals surface area contributed by atoms with Gasteiger partial charge in [-0.2, -0.15) is 5.26 Å². The Morgan fingerprint density at radius 1 is 1.19 bits per heavy atom. The highest BCUT2D eigenvalue weighted by atomic mass is 35.5. The topological polar surface area (TPSA) is 113 Å². The van der Waals surface area contributed by atoms with Gasteiger partial charge in [0.15, 0.2) is 0 Å². The minimum absolute atomic E-state index is 0.00799. The lowest BCUT2D eigenvalue weighted by Gasteiger charge is -2.23. The number of aryl methyl sites for hydroxylation is 1. The van der Waals surface area contributed by atoms with E-state index in [2.05, 4.69) is 52.8 Å². The second-order valence-electron chi connectivity index (χ2n) is 12.8. The number of fused-ring (bicyclic) bond motifs is 3. The first-order chi connectivity index (χ1) is 20.1. The molecule has 3 aromatic heterocycles. The minimum atomic E-state index is -0.423. The van der Waals surface area contributed by atoms with Crippen molar-refractivity contribution in [3.8, 4) is 6.07 Å². The fourth-order valence-electron chi connectivity index (χ4n) is 5.78. The van der Waals surface area contributed by atoms with Crippen LogP contribution < -0.4 is 16.2 Å². The second-order valence-corrected chi connectivity index (χ2v) is 13.2. The molecule has 2 aliphatic carbocycles. The zero-order chi connectivity index (χ0) is 29.4. The van der Waals surface area contributed by atoms with E-state index in [-0.39, 0.29) is 16.5 Å². The predicted octanol–water partition coefficient (Wildman–Crippen LogP) is 5.98.